The molecule has 1 unspecified atom stereocenters. The van der Waals surface area contributed by atoms with E-state index in [1.807, 2.05) is 31.2 Å². The Balaban J connectivity index is 2.16. The van der Waals surface area contributed by atoms with Crippen LogP contribution in [-0.2, 0) is 6.54 Å². The van der Waals surface area contributed by atoms with E-state index in [1.54, 1.807) is 0 Å². The SMILES string of the molecule is Cc1ccc(C2CN(C)Cc3c(Br)ccc(Cl)c32)cc1O. The monoisotopic (exact) mass is 365 g/mol. The number of aryl methyl sites for hydroxylation is 1. The molecule has 0 spiro atoms. The Morgan fingerprint density at radius 1 is 1.29 bits per heavy atom. The van der Waals surface area contributed by atoms with Gasteiger partial charge in [0.15, 0.2) is 0 Å². The molecular formula is C17H17BrClNO. The van der Waals surface area contributed by atoms with Gasteiger partial charge in [0.05, 0.1) is 0 Å². The lowest BCUT2D eigenvalue weighted by molar-refractivity contribution is 0.294. The molecule has 1 atom stereocenters. The summed E-state index contributed by atoms with van der Waals surface area (Å²) in [7, 11) is 2.11. The van der Waals surface area contributed by atoms with Gasteiger partial charge >= 0.3 is 0 Å². The maximum atomic E-state index is 10.0. The van der Waals surface area contributed by atoms with Crippen molar-refractivity contribution in [1.29, 1.82) is 0 Å². The number of phenolic OH excluding ortho intramolecular Hbond substituents is 1. The molecule has 2 nitrogen and oxygen atoms in total. The average Bonchev–Trinajstić information content (AvgIpc) is 2.45. The van der Waals surface area contributed by atoms with E-state index in [4.69, 9.17) is 11.6 Å². The zero-order valence-corrected chi connectivity index (χ0v) is 14.4. The Morgan fingerprint density at radius 2 is 2.05 bits per heavy atom. The average molecular weight is 367 g/mol. The van der Waals surface area contributed by atoms with Crippen molar-refractivity contribution in [3.63, 3.8) is 0 Å². The third-order valence-electron chi connectivity index (χ3n) is 4.15. The normalized spacial score (nSPS) is 18.6. The molecular weight excluding hydrogens is 350 g/mol. The molecule has 0 radical (unpaired) electrons. The summed E-state index contributed by atoms with van der Waals surface area (Å²) in [6, 6.07) is 9.85. The Bertz CT molecular complexity index is 701. The van der Waals surface area contributed by atoms with Crippen LogP contribution in [0.25, 0.3) is 0 Å². The van der Waals surface area contributed by atoms with Gasteiger partial charge in [0.1, 0.15) is 5.75 Å². The van der Waals surface area contributed by atoms with Gasteiger partial charge in [-0.15, -0.1) is 0 Å². The number of hydrogen-bond acceptors (Lipinski definition) is 2. The number of fused-ring (bicyclic) bond motifs is 1. The van der Waals surface area contributed by atoms with Gasteiger partial charge in [0.25, 0.3) is 0 Å². The largest absolute Gasteiger partial charge is 0.508 e. The summed E-state index contributed by atoms with van der Waals surface area (Å²) < 4.78 is 1.09. The number of hydrogen-bond donors (Lipinski definition) is 1. The standard InChI is InChI=1S/C17H17BrClNO/c1-10-3-4-11(7-16(10)21)12-8-20(2)9-13-14(18)5-6-15(19)17(12)13/h3-7,12,21H,8-9H2,1-2H3. The van der Waals surface area contributed by atoms with Gasteiger partial charge in [-0.1, -0.05) is 39.7 Å². The van der Waals surface area contributed by atoms with Gasteiger partial charge in [-0.3, -0.25) is 0 Å². The zero-order chi connectivity index (χ0) is 15.1. The van der Waals surface area contributed by atoms with E-state index in [0.29, 0.717) is 5.75 Å². The van der Waals surface area contributed by atoms with Crippen molar-refractivity contribution < 1.29 is 5.11 Å². The molecule has 0 aromatic heterocycles. The summed E-state index contributed by atoms with van der Waals surface area (Å²) in [5.74, 6) is 0.517. The Morgan fingerprint density at radius 3 is 2.76 bits per heavy atom. The summed E-state index contributed by atoms with van der Waals surface area (Å²) >= 11 is 10.1. The van der Waals surface area contributed by atoms with Crippen LogP contribution in [0, 0.1) is 6.92 Å². The fourth-order valence-electron chi connectivity index (χ4n) is 3.00. The Hall–Kier alpha value is -1.03. The molecule has 0 saturated carbocycles. The van der Waals surface area contributed by atoms with E-state index in [9.17, 15) is 5.11 Å². The maximum Gasteiger partial charge on any atom is 0.118 e. The van der Waals surface area contributed by atoms with Gasteiger partial charge in [0.2, 0.25) is 0 Å². The number of likely N-dealkylation sites (N-methyl/N-ethyl adjacent to an activating group) is 1. The number of rotatable bonds is 1. The number of halogens is 2. The lowest BCUT2D eigenvalue weighted by Crippen LogP contribution is -2.31. The molecule has 0 bridgehead atoms. The van der Waals surface area contributed by atoms with Crippen LogP contribution in [0.2, 0.25) is 5.02 Å². The molecule has 21 heavy (non-hydrogen) atoms. The van der Waals surface area contributed by atoms with Crippen molar-refractivity contribution in [3.05, 3.63) is 62.1 Å². The molecule has 0 aliphatic carbocycles. The van der Waals surface area contributed by atoms with Gasteiger partial charge in [-0.25, -0.2) is 0 Å². The highest BCUT2D eigenvalue weighted by molar-refractivity contribution is 9.10. The smallest absolute Gasteiger partial charge is 0.118 e. The first-order valence-corrected chi connectivity index (χ1v) is 8.09. The fourth-order valence-corrected chi connectivity index (χ4v) is 3.78. The van der Waals surface area contributed by atoms with E-state index in [0.717, 1.165) is 33.7 Å². The van der Waals surface area contributed by atoms with E-state index in [-0.39, 0.29) is 5.92 Å². The number of benzene rings is 2. The van der Waals surface area contributed by atoms with Crippen molar-refractivity contribution in [2.75, 3.05) is 13.6 Å². The zero-order valence-electron chi connectivity index (χ0n) is 12.0. The highest BCUT2D eigenvalue weighted by Gasteiger charge is 2.28. The molecule has 0 amide bonds. The van der Waals surface area contributed by atoms with Gasteiger partial charge in [0, 0.05) is 28.5 Å². The Labute approximate surface area is 138 Å². The van der Waals surface area contributed by atoms with Crippen molar-refractivity contribution in [1.82, 2.24) is 4.90 Å². The molecule has 2 aromatic carbocycles. The maximum absolute atomic E-state index is 10.0. The van der Waals surface area contributed by atoms with Crippen molar-refractivity contribution in [2.45, 2.75) is 19.4 Å². The van der Waals surface area contributed by atoms with Crippen molar-refractivity contribution >= 4 is 27.5 Å². The quantitative estimate of drug-likeness (QED) is 0.791. The lowest BCUT2D eigenvalue weighted by atomic mass is 9.84. The molecule has 4 heteroatoms. The van der Waals surface area contributed by atoms with Crippen molar-refractivity contribution in [3.8, 4) is 5.75 Å². The second-order valence-corrected chi connectivity index (χ2v) is 6.98. The van der Waals surface area contributed by atoms with Gasteiger partial charge < -0.3 is 10.0 Å². The molecule has 1 heterocycles. The Kier molecular flexibility index (Phi) is 4.00. The predicted octanol–water partition coefficient (Wildman–Crippen LogP) is 4.69. The first-order valence-electron chi connectivity index (χ1n) is 6.92. The van der Waals surface area contributed by atoms with Gasteiger partial charge in [-0.05, 0) is 54.4 Å². The topological polar surface area (TPSA) is 23.5 Å². The van der Waals surface area contributed by atoms with E-state index >= 15 is 0 Å². The molecule has 1 aliphatic heterocycles. The third-order valence-corrected chi connectivity index (χ3v) is 5.23. The second-order valence-electron chi connectivity index (χ2n) is 5.72. The van der Waals surface area contributed by atoms with Crippen LogP contribution in [0.15, 0.2) is 34.8 Å². The summed E-state index contributed by atoms with van der Waals surface area (Å²) in [4.78, 5) is 2.28. The van der Waals surface area contributed by atoms with E-state index in [2.05, 4.69) is 33.9 Å². The molecule has 0 fully saturated rings. The number of aromatic hydroxyl groups is 1. The third kappa shape index (κ3) is 2.70. The summed E-state index contributed by atoms with van der Waals surface area (Å²) in [6.45, 7) is 3.68. The fraction of sp³-hybridized carbons (Fsp3) is 0.294. The molecule has 110 valence electrons. The van der Waals surface area contributed by atoms with Gasteiger partial charge in [-0.2, -0.15) is 0 Å². The van der Waals surface area contributed by atoms with Crippen LogP contribution in [0.3, 0.4) is 0 Å². The van der Waals surface area contributed by atoms with Crippen LogP contribution in [0.1, 0.15) is 28.2 Å². The molecule has 1 N–H and O–H groups in total. The number of nitrogens with zero attached hydrogens (tertiary/aromatic N) is 1. The van der Waals surface area contributed by atoms with Crippen LogP contribution in [0.5, 0.6) is 5.75 Å². The molecule has 2 aromatic rings. The highest BCUT2D eigenvalue weighted by Crippen LogP contribution is 2.41. The first kappa shape index (κ1) is 14.9. The summed E-state index contributed by atoms with van der Waals surface area (Å²) in [5, 5.41) is 10.8. The van der Waals surface area contributed by atoms with Crippen LogP contribution >= 0.6 is 27.5 Å². The van der Waals surface area contributed by atoms with Crippen molar-refractivity contribution in [2.24, 2.45) is 0 Å². The predicted molar refractivity (Wildman–Crippen MR) is 90.2 cm³/mol. The summed E-state index contributed by atoms with van der Waals surface area (Å²) in [6.07, 6.45) is 0. The minimum absolute atomic E-state index is 0.176. The minimum Gasteiger partial charge on any atom is -0.508 e. The minimum atomic E-state index is 0.176. The summed E-state index contributed by atoms with van der Waals surface area (Å²) in [5.41, 5.74) is 4.41. The molecule has 3 rings (SSSR count). The van der Waals surface area contributed by atoms with E-state index in [1.165, 1.54) is 11.1 Å². The lowest BCUT2D eigenvalue weighted by Gasteiger charge is -2.34. The molecule has 1 aliphatic rings. The van der Waals surface area contributed by atoms with E-state index < -0.39 is 0 Å². The van der Waals surface area contributed by atoms with Crippen LogP contribution < -0.4 is 0 Å². The second kappa shape index (κ2) is 5.64. The van der Waals surface area contributed by atoms with Crippen LogP contribution in [-0.4, -0.2) is 23.6 Å². The number of phenols is 1. The van der Waals surface area contributed by atoms with Crippen LogP contribution in [0.4, 0.5) is 0 Å². The molecule has 0 saturated heterocycles. The first-order chi connectivity index (χ1) is 9.97. The highest BCUT2D eigenvalue weighted by atomic mass is 79.9.